The molecule has 20 heterocycles. The number of furan rings is 10. The van der Waals surface area contributed by atoms with E-state index in [0.29, 0.717) is 163 Å². The van der Waals surface area contributed by atoms with Crippen LogP contribution in [0.2, 0.25) is 5.15 Å². The van der Waals surface area contributed by atoms with Gasteiger partial charge < -0.3 is 87.6 Å². The third-order valence-electron chi connectivity index (χ3n) is 16.3. The highest BCUT2D eigenvalue weighted by Crippen LogP contribution is 2.31. The fourth-order valence-corrected chi connectivity index (χ4v) is 12.5. The number of rotatable bonds is 11. The minimum Gasteiger partial charge on any atom is -0.480 e. The van der Waals surface area contributed by atoms with Gasteiger partial charge in [0.25, 0.3) is 27.8 Å². The number of pyridine rings is 10. The fraction of sp³-hybridized carbons (Fsp3) is 0.0610. The van der Waals surface area contributed by atoms with Crippen LogP contribution in [0, 0.1) is 0 Å². The molecule has 40 heteroatoms. The average molecular weight is 1870 g/mol. The van der Waals surface area contributed by atoms with Crippen molar-refractivity contribution in [3.63, 3.8) is 0 Å². The molecule has 618 valence electrons. The van der Waals surface area contributed by atoms with Gasteiger partial charge in [-0.05, 0) is 96.3 Å². The normalized spacial score (nSPS) is 10.4. The van der Waals surface area contributed by atoms with Crippen molar-refractivity contribution >= 4 is 213 Å². The van der Waals surface area contributed by atoms with Gasteiger partial charge in [0.15, 0.2) is 101 Å². The highest BCUT2D eigenvalue weighted by Gasteiger charge is 2.16. The Balaban J connectivity index is 0.000000132. The molecule has 0 aromatic carbocycles. The van der Waals surface area contributed by atoms with Crippen molar-refractivity contribution in [1.29, 1.82) is 0 Å². The van der Waals surface area contributed by atoms with Crippen LogP contribution in [0.25, 0.3) is 110 Å². The summed E-state index contributed by atoms with van der Waals surface area (Å²) in [7, 11) is 7.87. The quantitative estimate of drug-likeness (QED) is 0.0690. The monoisotopic (exact) mass is 1870 g/mol. The zero-order valence-corrected chi connectivity index (χ0v) is 68.7. The molecule has 20 aromatic rings. The molecule has 0 saturated heterocycles. The number of aromatic amines is 4. The third-order valence-corrected chi connectivity index (χ3v) is 18.4. The van der Waals surface area contributed by atoms with Gasteiger partial charge in [0.2, 0.25) is 23.5 Å². The Bertz CT molecular complexity index is 7120. The van der Waals surface area contributed by atoms with Gasteiger partial charge in [-0.2, -0.15) is 0 Å². The zero-order valence-electron chi connectivity index (χ0n) is 63.2. The molecule has 0 aliphatic rings. The molecule has 0 radical (unpaired) electrons. The lowest BCUT2D eigenvalue weighted by Crippen LogP contribution is -2.15. The van der Waals surface area contributed by atoms with E-state index in [4.69, 9.17) is 74.7 Å². The van der Waals surface area contributed by atoms with Crippen LogP contribution in [0.3, 0.4) is 0 Å². The third kappa shape index (κ3) is 20.7. The van der Waals surface area contributed by atoms with Crippen molar-refractivity contribution in [2.75, 3.05) is 28.4 Å². The van der Waals surface area contributed by atoms with Crippen molar-refractivity contribution < 1.29 is 96.7 Å². The SMILES string of the molecule is COc1nccc2oc(C=O)cc12.COc1nccc2oc(C=O)cc12.COc1nccc2occc12.COc1nccc2occc12.Clc1nccc2occc12.Cn1cc(Br)c2oc(C=O)cc2c1=O.O=Cc1cc2c(=O)[nH]cc(Br)c2o1.O=Cc1cc2c(=O)[nH]cc(Br)c2o1.O=Cc1cc2c(=O)[nH]ccc2o1.O=Cc1cc2c(=O)[nH]ccc2o1. The van der Waals surface area contributed by atoms with Crippen LogP contribution in [-0.4, -0.2) is 122 Å². The summed E-state index contributed by atoms with van der Waals surface area (Å²) >= 11 is 15.4. The number of aryl methyl sites for hydroxylation is 1. The first-order chi connectivity index (χ1) is 59.1. The van der Waals surface area contributed by atoms with Gasteiger partial charge in [-0.1, -0.05) is 11.6 Å². The maximum absolute atomic E-state index is 11.6. The second-order valence-corrected chi connectivity index (χ2v) is 26.7. The number of carbonyl (C=O) groups is 7. The molecule has 36 nitrogen and oxygen atoms in total. The van der Waals surface area contributed by atoms with E-state index in [1.807, 2.05) is 12.1 Å². The summed E-state index contributed by atoms with van der Waals surface area (Å²) in [6.07, 6.45) is 24.5. The molecule has 0 aliphatic heterocycles. The highest BCUT2D eigenvalue weighted by molar-refractivity contribution is 9.11. The molecule has 4 N–H and O–H groups in total. The van der Waals surface area contributed by atoms with Gasteiger partial charge >= 0.3 is 0 Å². The Hall–Kier alpha value is -15.5. The van der Waals surface area contributed by atoms with E-state index in [0.717, 1.165) is 32.9 Å². The molecule has 0 aliphatic carbocycles. The average Bonchev–Trinajstić information content (AvgIpc) is 1.63. The summed E-state index contributed by atoms with van der Waals surface area (Å²) in [5.74, 6) is 3.49. The summed E-state index contributed by atoms with van der Waals surface area (Å²) in [4.78, 5) is 159. The van der Waals surface area contributed by atoms with E-state index in [9.17, 15) is 57.5 Å². The Labute approximate surface area is 708 Å². The number of H-pyrrole nitrogens is 4. The number of halogens is 4. The van der Waals surface area contributed by atoms with Crippen LogP contribution in [0.4, 0.5) is 0 Å². The largest absolute Gasteiger partial charge is 0.480 e. The topological polar surface area (TPSA) is 506 Å². The number of methoxy groups -OCH3 is 4. The van der Waals surface area contributed by atoms with Gasteiger partial charge in [0.1, 0.15) is 44.2 Å². The van der Waals surface area contributed by atoms with Crippen LogP contribution in [0.15, 0.2) is 265 Å². The summed E-state index contributed by atoms with van der Waals surface area (Å²) in [6.45, 7) is 0. The number of fused-ring (bicyclic) bond motifs is 10. The lowest BCUT2D eigenvalue weighted by atomic mass is 10.3. The minimum atomic E-state index is -0.268. The van der Waals surface area contributed by atoms with Crippen molar-refractivity contribution in [2.24, 2.45) is 7.05 Å². The molecular weight excluding hydrogens is 1820 g/mol. The number of ether oxygens (including phenoxy) is 4. The van der Waals surface area contributed by atoms with Crippen LogP contribution < -0.4 is 46.7 Å². The van der Waals surface area contributed by atoms with E-state index in [1.54, 1.807) is 138 Å². The number of hydrogen-bond acceptors (Lipinski definition) is 31. The van der Waals surface area contributed by atoms with E-state index >= 15 is 0 Å². The van der Waals surface area contributed by atoms with E-state index in [1.165, 1.54) is 73.9 Å². The van der Waals surface area contributed by atoms with Crippen LogP contribution in [-0.2, 0) is 7.05 Å². The van der Waals surface area contributed by atoms with Gasteiger partial charge in [-0.25, -0.2) is 24.9 Å². The predicted octanol–water partition coefficient (Wildman–Crippen LogP) is 16.4. The Morgan fingerprint density at radius 2 is 0.623 bits per heavy atom. The van der Waals surface area contributed by atoms with Crippen LogP contribution in [0.1, 0.15) is 73.9 Å². The maximum Gasteiger partial charge on any atom is 0.261 e. The Morgan fingerprint density at radius 3 is 0.967 bits per heavy atom. The molecule has 0 fully saturated rings. The van der Waals surface area contributed by atoms with Gasteiger partial charge in [-0.15, -0.1) is 0 Å². The molecule has 0 bridgehead atoms. The van der Waals surface area contributed by atoms with Crippen molar-refractivity contribution in [2.45, 2.75) is 0 Å². The van der Waals surface area contributed by atoms with E-state index < -0.39 is 0 Å². The number of aromatic nitrogens is 10. The maximum atomic E-state index is 11.6. The molecule has 0 spiro atoms. The van der Waals surface area contributed by atoms with Crippen molar-refractivity contribution in [3.8, 4) is 23.5 Å². The standard InChI is InChI=1S/C9H6BrNO3.2C9H7NO3.2C8H4BrNO3.2C8H5NO3.2C8H7NO2.C7H4ClNO/c1-11-3-7(10)8-6(9(11)13)2-5(4-12)14-8;2*1-12-9-7-4-6(5-11)13-8(7)2-3-10-9;2*9-6-2-10-8(12)5-1-4(3-11)13-7(5)6;2*10-4-5-3-6-7(12-5)1-2-9-8(6)11;2*1-10-8-6-3-5-11-7(6)2-4-9-8;8-7-5-2-4-10-6(5)1-3-9-7/h2-4H,1H3;2*2-5H,1H3;2*1-3H,(H,10,12);2*1-4H,(H,9,11);2*2-5H,1H3;1-4H. The first-order valence-electron chi connectivity index (χ1n) is 34.4. The number of nitrogens with zero attached hydrogens (tertiary/aromatic N) is 6. The second kappa shape index (κ2) is 41.1. The molecule has 0 amide bonds. The van der Waals surface area contributed by atoms with Gasteiger partial charge in [-0.3, -0.25) is 57.5 Å². The van der Waals surface area contributed by atoms with Crippen molar-refractivity contribution in [3.05, 3.63) is 295 Å². The van der Waals surface area contributed by atoms with E-state index in [-0.39, 0.29) is 68.1 Å². The highest BCUT2D eigenvalue weighted by atomic mass is 79.9. The predicted molar refractivity (Wildman–Crippen MR) is 451 cm³/mol. The molecule has 20 aromatic heterocycles. The zero-order chi connectivity index (χ0) is 87.1. The first kappa shape index (κ1) is 87.4. The molecule has 20 rings (SSSR count). The molecule has 0 unspecified atom stereocenters. The summed E-state index contributed by atoms with van der Waals surface area (Å²) in [5.41, 5.74) is 4.45. The Morgan fingerprint density at radius 1 is 0.336 bits per heavy atom. The number of nitrogens with one attached hydrogen (secondary N) is 4. The van der Waals surface area contributed by atoms with Gasteiger partial charge in [0.05, 0.1) is 115 Å². The molecular formula is C82H56Br3ClN10O26. The minimum absolute atomic E-state index is 0.146. The summed E-state index contributed by atoms with van der Waals surface area (Å²) in [6, 6.07) is 27.7. The Kier molecular flexibility index (Phi) is 29.4. The number of aldehydes is 7. The van der Waals surface area contributed by atoms with Crippen LogP contribution >= 0.6 is 59.4 Å². The smallest absolute Gasteiger partial charge is 0.261 e. The van der Waals surface area contributed by atoms with Crippen molar-refractivity contribution in [1.82, 2.24) is 49.4 Å². The van der Waals surface area contributed by atoms with Gasteiger partial charge in [0, 0.05) is 124 Å². The lowest BCUT2D eigenvalue weighted by molar-refractivity contribution is 0.109. The molecule has 122 heavy (non-hydrogen) atoms. The molecule has 0 atom stereocenters. The second-order valence-electron chi connectivity index (χ2n) is 23.8. The van der Waals surface area contributed by atoms with Crippen LogP contribution in [0.5, 0.6) is 23.5 Å². The summed E-state index contributed by atoms with van der Waals surface area (Å²) < 4.78 is 74.4. The first-order valence-corrected chi connectivity index (χ1v) is 37.2. The fourth-order valence-electron chi connectivity index (χ4n) is 10.8. The number of carbonyl (C=O) groups excluding carboxylic acids is 7. The summed E-state index contributed by atoms with van der Waals surface area (Å²) in [5, 5.41) is 6.57. The molecule has 0 saturated carbocycles. The number of hydrogen-bond donors (Lipinski definition) is 4. The van der Waals surface area contributed by atoms with E-state index in [2.05, 4.69) is 92.6 Å². The lowest BCUT2D eigenvalue weighted by Gasteiger charge is -1.97.